The third-order valence-electron chi connectivity index (χ3n) is 1.52. The summed E-state index contributed by atoms with van der Waals surface area (Å²) in [5, 5.41) is 0. The maximum absolute atomic E-state index is 3.15. The molecule has 10 heavy (non-hydrogen) atoms. The van der Waals surface area contributed by atoms with Gasteiger partial charge >= 0.3 is 0 Å². The fourth-order valence-electron chi connectivity index (χ4n) is 0.875. The van der Waals surface area contributed by atoms with Gasteiger partial charge in [-0.3, -0.25) is 0 Å². The van der Waals surface area contributed by atoms with E-state index in [4.69, 9.17) is 0 Å². The molecule has 1 heterocycles. The van der Waals surface area contributed by atoms with Crippen LogP contribution in [0.1, 0.15) is 24.6 Å². The van der Waals surface area contributed by atoms with E-state index in [1.54, 1.807) is 0 Å². The SMILES string of the molecule is CC/C=C\c1[nH]ccc1C. The summed E-state index contributed by atoms with van der Waals surface area (Å²) >= 11 is 0. The Labute approximate surface area is 61.8 Å². The molecule has 1 N–H and O–H groups in total. The molecule has 0 unspecified atom stereocenters. The number of aromatic nitrogens is 1. The number of hydrogen-bond donors (Lipinski definition) is 1. The molecule has 0 saturated carbocycles. The highest BCUT2D eigenvalue weighted by Gasteiger charge is 1.90. The molecule has 0 aliphatic rings. The van der Waals surface area contributed by atoms with Crippen LogP contribution in [0.25, 0.3) is 6.08 Å². The Morgan fingerprint density at radius 2 is 2.40 bits per heavy atom. The van der Waals surface area contributed by atoms with Crippen molar-refractivity contribution in [2.45, 2.75) is 20.3 Å². The number of hydrogen-bond acceptors (Lipinski definition) is 0. The summed E-state index contributed by atoms with van der Waals surface area (Å²) in [6.07, 6.45) is 7.33. The van der Waals surface area contributed by atoms with E-state index in [0.717, 1.165) is 6.42 Å². The smallest absolute Gasteiger partial charge is 0.0406 e. The van der Waals surface area contributed by atoms with Crippen molar-refractivity contribution in [3.63, 3.8) is 0 Å². The molecule has 0 spiro atoms. The van der Waals surface area contributed by atoms with Crippen molar-refractivity contribution in [3.05, 3.63) is 29.6 Å². The van der Waals surface area contributed by atoms with Crippen LogP contribution in [0.4, 0.5) is 0 Å². The second-order valence-electron chi connectivity index (χ2n) is 2.38. The second-order valence-corrected chi connectivity index (χ2v) is 2.38. The Kier molecular flexibility index (Phi) is 2.32. The number of H-pyrrole nitrogens is 1. The minimum Gasteiger partial charge on any atom is -0.361 e. The Bertz CT molecular complexity index is 220. The highest BCUT2D eigenvalue weighted by atomic mass is 14.7. The Hall–Kier alpha value is -0.980. The fourth-order valence-corrected chi connectivity index (χ4v) is 0.875. The summed E-state index contributed by atoms with van der Waals surface area (Å²) in [5.74, 6) is 0. The lowest BCUT2D eigenvalue weighted by Gasteiger charge is -1.87. The first-order chi connectivity index (χ1) is 4.84. The van der Waals surface area contributed by atoms with Gasteiger partial charge in [-0.15, -0.1) is 0 Å². The van der Waals surface area contributed by atoms with Crippen LogP contribution in [0.15, 0.2) is 18.3 Å². The molecule has 0 radical (unpaired) electrons. The number of rotatable bonds is 2. The molecule has 1 nitrogen and oxygen atoms in total. The standard InChI is InChI=1S/C9H13N/c1-3-4-5-9-8(2)6-7-10-9/h4-7,10H,3H2,1-2H3/b5-4-. The summed E-state index contributed by atoms with van der Waals surface area (Å²) < 4.78 is 0. The van der Waals surface area contributed by atoms with E-state index < -0.39 is 0 Å². The average Bonchev–Trinajstić information content (AvgIpc) is 2.31. The second kappa shape index (κ2) is 3.25. The molecule has 0 atom stereocenters. The summed E-state index contributed by atoms with van der Waals surface area (Å²) in [4.78, 5) is 3.15. The van der Waals surface area contributed by atoms with Crippen molar-refractivity contribution >= 4 is 6.08 Å². The van der Waals surface area contributed by atoms with Crippen molar-refractivity contribution in [3.8, 4) is 0 Å². The first-order valence-electron chi connectivity index (χ1n) is 3.65. The van der Waals surface area contributed by atoms with E-state index in [2.05, 4.69) is 37.0 Å². The summed E-state index contributed by atoms with van der Waals surface area (Å²) in [5.41, 5.74) is 2.53. The van der Waals surface area contributed by atoms with Gasteiger partial charge in [0.15, 0.2) is 0 Å². The van der Waals surface area contributed by atoms with Gasteiger partial charge in [0.25, 0.3) is 0 Å². The zero-order valence-electron chi connectivity index (χ0n) is 6.52. The van der Waals surface area contributed by atoms with Gasteiger partial charge in [0, 0.05) is 11.9 Å². The molecule has 1 aromatic heterocycles. The number of aromatic amines is 1. The minimum absolute atomic E-state index is 1.10. The van der Waals surface area contributed by atoms with Crippen LogP contribution in [0.5, 0.6) is 0 Å². The van der Waals surface area contributed by atoms with Gasteiger partial charge in [-0.1, -0.05) is 13.0 Å². The van der Waals surface area contributed by atoms with Crippen LogP contribution in [-0.4, -0.2) is 4.98 Å². The van der Waals surface area contributed by atoms with Crippen LogP contribution in [-0.2, 0) is 0 Å². The van der Waals surface area contributed by atoms with Gasteiger partial charge in [-0.25, -0.2) is 0 Å². The highest BCUT2D eigenvalue weighted by molar-refractivity contribution is 5.48. The van der Waals surface area contributed by atoms with E-state index in [-0.39, 0.29) is 0 Å². The van der Waals surface area contributed by atoms with Gasteiger partial charge in [0.2, 0.25) is 0 Å². The van der Waals surface area contributed by atoms with E-state index in [0.29, 0.717) is 0 Å². The Morgan fingerprint density at radius 3 is 2.90 bits per heavy atom. The summed E-state index contributed by atoms with van der Waals surface area (Å²) in [6, 6.07) is 2.08. The molecule has 0 fully saturated rings. The lowest BCUT2D eigenvalue weighted by molar-refractivity contribution is 1.23. The van der Waals surface area contributed by atoms with Crippen molar-refractivity contribution in [2.24, 2.45) is 0 Å². The third kappa shape index (κ3) is 1.50. The van der Waals surface area contributed by atoms with Crippen LogP contribution in [0.3, 0.4) is 0 Å². The van der Waals surface area contributed by atoms with Gasteiger partial charge in [-0.05, 0) is 31.1 Å². The molecule has 1 heteroatoms. The van der Waals surface area contributed by atoms with Crippen molar-refractivity contribution in [2.75, 3.05) is 0 Å². The zero-order chi connectivity index (χ0) is 7.40. The quantitative estimate of drug-likeness (QED) is 0.641. The predicted octanol–water partition coefficient (Wildman–Crippen LogP) is 2.75. The summed E-state index contributed by atoms with van der Waals surface area (Å²) in [6.45, 7) is 4.24. The maximum atomic E-state index is 3.15. The van der Waals surface area contributed by atoms with Crippen LogP contribution in [0.2, 0.25) is 0 Å². The predicted molar refractivity (Wildman–Crippen MR) is 44.9 cm³/mol. The maximum Gasteiger partial charge on any atom is 0.0406 e. The molecule has 54 valence electrons. The average molecular weight is 135 g/mol. The number of allylic oxidation sites excluding steroid dienone is 1. The van der Waals surface area contributed by atoms with Gasteiger partial charge in [-0.2, -0.15) is 0 Å². The molecule has 0 aliphatic heterocycles. The number of aryl methyl sites for hydroxylation is 1. The monoisotopic (exact) mass is 135 g/mol. The van der Waals surface area contributed by atoms with Gasteiger partial charge in [0.1, 0.15) is 0 Å². The molecular formula is C9H13N. The van der Waals surface area contributed by atoms with E-state index in [1.807, 2.05) is 6.20 Å². The third-order valence-corrected chi connectivity index (χ3v) is 1.52. The minimum atomic E-state index is 1.10. The van der Waals surface area contributed by atoms with Crippen LogP contribution < -0.4 is 0 Å². The molecular weight excluding hydrogens is 122 g/mol. The molecule has 1 rings (SSSR count). The highest BCUT2D eigenvalue weighted by Crippen LogP contribution is 2.06. The molecule has 1 aromatic rings. The van der Waals surface area contributed by atoms with Crippen molar-refractivity contribution in [1.82, 2.24) is 4.98 Å². The number of nitrogens with one attached hydrogen (secondary N) is 1. The van der Waals surface area contributed by atoms with Crippen LogP contribution >= 0.6 is 0 Å². The molecule has 0 aromatic carbocycles. The van der Waals surface area contributed by atoms with E-state index >= 15 is 0 Å². The fraction of sp³-hybridized carbons (Fsp3) is 0.333. The first-order valence-corrected chi connectivity index (χ1v) is 3.65. The molecule has 0 aliphatic carbocycles. The largest absolute Gasteiger partial charge is 0.361 e. The summed E-state index contributed by atoms with van der Waals surface area (Å²) in [7, 11) is 0. The lowest BCUT2D eigenvalue weighted by Crippen LogP contribution is -1.72. The van der Waals surface area contributed by atoms with E-state index in [1.165, 1.54) is 11.3 Å². The normalized spacial score (nSPS) is 11.0. The Morgan fingerprint density at radius 1 is 1.60 bits per heavy atom. The van der Waals surface area contributed by atoms with E-state index in [9.17, 15) is 0 Å². The van der Waals surface area contributed by atoms with Crippen molar-refractivity contribution < 1.29 is 0 Å². The first kappa shape index (κ1) is 7.13. The molecule has 0 amide bonds. The topological polar surface area (TPSA) is 15.8 Å². The Balaban J connectivity index is 2.74. The van der Waals surface area contributed by atoms with Crippen LogP contribution in [0, 0.1) is 6.92 Å². The van der Waals surface area contributed by atoms with Crippen molar-refractivity contribution in [1.29, 1.82) is 0 Å². The molecule has 0 bridgehead atoms. The zero-order valence-corrected chi connectivity index (χ0v) is 6.52. The molecule has 0 saturated heterocycles. The van der Waals surface area contributed by atoms with Gasteiger partial charge < -0.3 is 4.98 Å². The van der Waals surface area contributed by atoms with Gasteiger partial charge in [0.05, 0.1) is 0 Å². The lowest BCUT2D eigenvalue weighted by atomic mass is 10.2.